The van der Waals surface area contributed by atoms with Crippen LogP contribution in [-0.4, -0.2) is 36.9 Å². The maximum Gasteiger partial charge on any atom is 0.196 e. The van der Waals surface area contributed by atoms with Crippen LogP contribution < -0.4 is 10.6 Å². The van der Waals surface area contributed by atoms with E-state index in [0.717, 1.165) is 43.4 Å². The van der Waals surface area contributed by atoms with Crippen LogP contribution in [0.4, 0.5) is 5.69 Å². The molecule has 2 rings (SSSR count). The zero-order valence-electron chi connectivity index (χ0n) is 15.7. The molecule has 1 aliphatic carbocycles. The number of aryl methyl sites for hydroxylation is 1. The van der Waals surface area contributed by atoms with Crippen molar-refractivity contribution in [1.29, 1.82) is 0 Å². The van der Waals surface area contributed by atoms with E-state index in [9.17, 15) is 5.11 Å². The molecule has 1 saturated carbocycles. The van der Waals surface area contributed by atoms with Crippen molar-refractivity contribution in [2.75, 3.05) is 25.1 Å². The number of nitrogens with zero attached hydrogens (tertiary/aromatic N) is 1. The highest BCUT2D eigenvalue weighted by molar-refractivity contribution is 5.94. The highest BCUT2D eigenvalue weighted by Crippen LogP contribution is 2.21. The quantitative estimate of drug-likeness (QED) is 0.227. The molecule has 1 fully saturated rings. The predicted molar refractivity (Wildman–Crippen MR) is 105 cm³/mol. The van der Waals surface area contributed by atoms with E-state index in [-0.39, 0.29) is 5.75 Å². The first-order chi connectivity index (χ1) is 12.2. The summed E-state index contributed by atoms with van der Waals surface area (Å²) in [6.45, 7) is 6.23. The summed E-state index contributed by atoms with van der Waals surface area (Å²) < 4.78 is 5.39. The lowest BCUT2D eigenvalue weighted by Crippen LogP contribution is -2.39. The number of phenolic OH excluding ortho intramolecular Hbond substituents is 1. The Balaban J connectivity index is 2.00. The van der Waals surface area contributed by atoms with Gasteiger partial charge in [0.2, 0.25) is 0 Å². The Kier molecular flexibility index (Phi) is 8.60. The maximum absolute atomic E-state index is 9.60. The summed E-state index contributed by atoms with van der Waals surface area (Å²) in [7, 11) is 0. The minimum atomic E-state index is 0.287. The molecule has 0 bridgehead atoms. The first-order valence-corrected chi connectivity index (χ1v) is 9.64. The Morgan fingerprint density at radius 2 is 2.00 bits per heavy atom. The van der Waals surface area contributed by atoms with Crippen molar-refractivity contribution in [3.05, 3.63) is 23.8 Å². The lowest BCUT2D eigenvalue weighted by Gasteiger charge is -2.21. The molecule has 0 atom stereocenters. The Morgan fingerprint density at radius 1 is 1.24 bits per heavy atom. The van der Waals surface area contributed by atoms with Gasteiger partial charge in [0, 0.05) is 31.5 Å². The molecule has 3 N–H and O–H groups in total. The Morgan fingerprint density at radius 3 is 2.68 bits per heavy atom. The molecular weight excluding hydrogens is 314 g/mol. The number of rotatable bonds is 7. The fourth-order valence-electron chi connectivity index (χ4n) is 3.16. The van der Waals surface area contributed by atoms with Crippen molar-refractivity contribution in [1.82, 2.24) is 5.32 Å². The van der Waals surface area contributed by atoms with E-state index in [0.29, 0.717) is 6.04 Å². The first-order valence-electron chi connectivity index (χ1n) is 9.64. The molecule has 0 saturated heterocycles. The zero-order chi connectivity index (χ0) is 17.9. The molecule has 5 nitrogen and oxygen atoms in total. The molecule has 0 aliphatic heterocycles. The zero-order valence-corrected chi connectivity index (χ0v) is 15.7. The van der Waals surface area contributed by atoms with Crippen LogP contribution in [0.25, 0.3) is 0 Å². The van der Waals surface area contributed by atoms with E-state index in [4.69, 9.17) is 9.73 Å². The van der Waals surface area contributed by atoms with Gasteiger partial charge >= 0.3 is 0 Å². The van der Waals surface area contributed by atoms with Gasteiger partial charge in [0.25, 0.3) is 0 Å². The largest absolute Gasteiger partial charge is 0.508 e. The summed E-state index contributed by atoms with van der Waals surface area (Å²) in [6, 6.07) is 5.85. The van der Waals surface area contributed by atoms with Crippen LogP contribution in [-0.2, 0) is 4.74 Å². The molecular formula is C20H33N3O2. The average molecular weight is 348 g/mol. The number of guanidine groups is 1. The Bertz CT molecular complexity index is 538. The molecule has 1 aliphatic rings. The van der Waals surface area contributed by atoms with Crippen LogP contribution >= 0.6 is 0 Å². The van der Waals surface area contributed by atoms with Crippen molar-refractivity contribution in [2.24, 2.45) is 4.99 Å². The highest BCUT2D eigenvalue weighted by atomic mass is 16.5. The number of anilines is 1. The molecule has 140 valence electrons. The van der Waals surface area contributed by atoms with E-state index in [1.54, 1.807) is 12.1 Å². The molecule has 1 aromatic carbocycles. The van der Waals surface area contributed by atoms with E-state index in [2.05, 4.69) is 10.6 Å². The molecule has 0 unspecified atom stereocenters. The van der Waals surface area contributed by atoms with Gasteiger partial charge in [-0.15, -0.1) is 0 Å². The number of aliphatic imine (C=N–C) groups is 1. The first kappa shape index (κ1) is 19.6. The maximum atomic E-state index is 9.60. The molecule has 5 heteroatoms. The molecule has 0 radical (unpaired) electrons. The lowest BCUT2D eigenvalue weighted by atomic mass is 10.1. The van der Waals surface area contributed by atoms with E-state index in [1.165, 1.54) is 38.5 Å². The van der Waals surface area contributed by atoms with Crippen molar-refractivity contribution in [3.8, 4) is 5.75 Å². The number of hydrogen-bond donors (Lipinski definition) is 3. The Labute approximate surface area is 151 Å². The third kappa shape index (κ3) is 7.34. The average Bonchev–Trinajstić information content (AvgIpc) is 2.85. The number of phenols is 1. The molecule has 0 aromatic heterocycles. The van der Waals surface area contributed by atoms with E-state index < -0.39 is 0 Å². The molecule has 1 aromatic rings. The monoisotopic (exact) mass is 347 g/mol. The van der Waals surface area contributed by atoms with Gasteiger partial charge in [-0.25, -0.2) is 0 Å². The highest BCUT2D eigenvalue weighted by Gasteiger charge is 2.14. The molecule has 25 heavy (non-hydrogen) atoms. The minimum absolute atomic E-state index is 0.287. The summed E-state index contributed by atoms with van der Waals surface area (Å²) >= 11 is 0. The number of aromatic hydroxyl groups is 1. The summed E-state index contributed by atoms with van der Waals surface area (Å²) in [5.74, 6) is 1.12. The minimum Gasteiger partial charge on any atom is -0.508 e. The topological polar surface area (TPSA) is 65.9 Å². The van der Waals surface area contributed by atoms with Gasteiger partial charge < -0.3 is 20.5 Å². The molecule has 0 spiro atoms. The van der Waals surface area contributed by atoms with Crippen molar-refractivity contribution in [2.45, 2.75) is 64.8 Å². The van der Waals surface area contributed by atoms with Gasteiger partial charge in [0.15, 0.2) is 5.96 Å². The third-order valence-corrected chi connectivity index (χ3v) is 4.58. The second-order valence-electron chi connectivity index (χ2n) is 6.74. The second-order valence-corrected chi connectivity index (χ2v) is 6.74. The number of nitrogens with one attached hydrogen (secondary N) is 2. The van der Waals surface area contributed by atoms with Crippen LogP contribution in [0.5, 0.6) is 5.75 Å². The fraction of sp³-hybridized carbons (Fsp3) is 0.650. The normalized spacial score (nSPS) is 16.5. The van der Waals surface area contributed by atoms with Gasteiger partial charge in [-0.2, -0.15) is 0 Å². The van der Waals surface area contributed by atoms with Gasteiger partial charge in [-0.1, -0.05) is 25.7 Å². The van der Waals surface area contributed by atoms with Gasteiger partial charge in [-0.05, 0) is 56.9 Å². The summed E-state index contributed by atoms with van der Waals surface area (Å²) in [6.07, 6.45) is 8.57. The fourth-order valence-corrected chi connectivity index (χ4v) is 3.16. The lowest BCUT2D eigenvalue weighted by molar-refractivity contribution is 0.146. The molecule has 0 heterocycles. The summed E-state index contributed by atoms with van der Waals surface area (Å²) in [5, 5.41) is 16.6. The van der Waals surface area contributed by atoms with Crippen LogP contribution in [0.15, 0.2) is 23.2 Å². The smallest absolute Gasteiger partial charge is 0.196 e. The van der Waals surface area contributed by atoms with Crippen molar-refractivity contribution in [3.63, 3.8) is 0 Å². The van der Waals surface area contributed by atoms with E-state index >= 15 is 0 Å². The standard InChI is InChI=1S/C20H33N3O2/c1-3-25-14-8-13-21-20(22-17-9-6-4-5-7-10-17)23-19-12-11-18(24)15-16(19)2/h11-12,15,17,24H,3-10,13-14H2,1-2H3,(H2,21,22,23). The van der Waals surface area contributed by atoms with Gasteiger partial charge in [0.05, 0.1) is 0 Å². The SMILES string of the molecule is CCOCCCN=C(Nc1ccc(O)cc1C)NC1CCCCCC1. The van der Waals surface area contributed by atoms with Crippen LogP contribution in [0.2, 0.25) is 0 Å². The van der Waals surface area contributed by atoms with Crippen molar-refractivity contribution >= 4 is 11.6 Å². The summed E-state index contributed by atoms with van der Waals surface area (Å²) in [4.78, 5) is 4.73. The summed E-state index contributed by atoms with van der Waals surface area (Å²) in [5.41, 5.74) is 1.98. The van der Waals surface area contributed by atoms with E-state index in [1.807, 2.05) is 19.9 Å². The second kappa shape index (κ2) is 11.0. The van der Waals surface area contributed by atoms with Crippen LogP contribution in [0.3, 0.4) is 0 Å². The predicted octanol–water partition coefficient (Wildman–Crippen LogP) is 4.21. The van der Waals surface area contributed by atoms with Gasteiger partial charge in [0.1, 0.15) is 5.75 Å². The Hall–Kier alpha value is -1.75. The number of hydrogen-bond acceptors (Lipinski definition) is 3. The number of benzene rings is 1. The third-order valence-electron chi connectivity index (χ3n) is 4.58. The van der Waals surface area contributed by atoms with Crippen LogP contribution in [0.1, 0.15) is 57.4 Å². The van der Waals surface area contributed by atoms with Crippen molar-refractivity contribution < 1.29 is 9.84 Å². The van der Waals surface area contributed by atoms with Crippen LogP contribution in [0, 0.1) is 6.92 Å². The van der Waals surface area contributed by atoms with Gasteiger partial charge in [-0.3, -0.25) is 4.99 Å². The number of ether oxygens (including phenoxy) is 1. The molecule has 0 amide bonds.